The van der Waals surface area contributed by atoms with E-state index in [-0.39, 0.29) is 17.7 Å². The average Bonchev–Trinajstić information content (AvgIpc) is 3.29. The summed E-state index contributed by atoms with van der Waals surface area (Å²) in [7, 11) is 0. The lowest BCUT2D eigenvalue weighted by atomic mass is 10.1. The number of aromatic hydroxyl groups is 1. The summed E-state index contributed by atoms with van der Waals surface area (Å²) >= 11 is 0. The monoisotopic (exact) mass is 391 g/mol. The van der Waals surface area contributed by atoms with Crippen molar-refractivity contribution in [1.29, 1.82) is 0 Å². The Morgan fingerprint density at radius 1 is 0.897 bits per heavy atom. The molecule has 4 rings (SSSR count). The first kappa shape index (κ1) is 18.5. The number of rotatable bonds is 3. The van der Waals surface area contributed by atoms with Crippen LogP contribution in [0.25, 0.3) is 5.69 Å². The van der Waals surface area contributed by atoms with Crippen molar-refractivity contribution in [2.45, 2.75) is 0 Å². The van der Waals surface area contributed by atoms with E-state index < -0.39 is 0 Å². The molecule has 29 heavy (non-hydrogen) atoms. The Morgan fingerprint density at radius 3 is 2.28 bits per heavy atom. The number of nitrogens with zero attached hydrogens (tertiary/aromatic N) is 4. The second-order valence-electron chi connectivity index (χ2n) is 6.72. The van der Waals surface area contributed by atoms with Crippen molar-refractivity contribution < 1.29 is 14.7 Å². The molecule has 2 heterocycles. The van der Waals surface area contributed by atoms with Gasteiger partial charge in [-0.3, -0.25) is 4.79 Å². The van der Waals surface area contributed by atoms with E-state index in [0.717, 1.165) is 5.69 Å². The van der Waals surface area contributed by atoms with Crippen LogP contribution in [-0.2, 0) is 0 Å². The van der Waals surface area contributed by atoms with Crippen LogP contribution in [0.3, 0.4) is 0 Å². The number of phenols is 1. The lowest BCUT2D eigenvalue weighted by Crippen LogP contribution is -2.51. The summed E-state index contributed by atoms with van der Waals surface area (Å²) in [6.07, 6.45) is 3.50. The third-order valence-corrected chi connectivity index (χ3v) is 4.87. The van der Waals surface area contributed by atoms with Crippen LogP contribution in [0.4, 0.5) is 10.5 Å². The van der Waals surface area contributed by atoms with Gasteiger partial charge in [0.05, 0.1) is 11.4 Å². The third kappa shape index (κ3) is 4.06. The van der Waals surface area contributed by atoms with Crippen molar-refractivity contribution in [2.75, 3.05) is 31.5 Å². The van der Waals surface area contributed by atoms with Gasteiger partial charge in [-0.1, -0.05) is 12.1 Å². The molecule has 2 N–H and O–H groups in total. The molecule has 8 nitrogen and oxygen atoms in total. The number of urea groups is 1. The molecule has 1 aliphatic heterocycles. The molecule has 3 aromatic rings. The van der Waals surface area contributed by atoms with Crippen molar-refractivity contribution in [3.63, 3.8) is 0 Å². The van der Waals surface area contributed by atoms with Crippen LogP contribution in [0.15, 0.2) is 67.0 Å². The van der Waals surface area contributed by atoms with E-state index in [0.29, 0.717) is 37.4 Å². The second-order valence-corrected chi connectivity index (χ2v) is 6.72. The van der Waals surface area contributed by atoms with Gasteiger partial charge in [-0.2, -0.15) is 5.10 Å². The van der Waals surface area contributed by atoms with Gasteiger partial charge < -0.3 is 20.2 Å². The number of piperazine rings is 1. The number of carbonyl (C=O) groups is 2. The fourth-order valence-corrected chi connectivity index (χ4v) is 3.28. The maximum absolute atomic E-state index is 12.7. The first-order valence-electron chi connectivity index (χ1n) is 9.35. The number of hydrogen-bond donors (Lipinski definition) is 2. The molecule has 148 valence electrons. The van der Waals surface area contributed by atoms with Crippen LogP contribution in [0.2, 0.25) is 0 Å². The predicted molar refractivity (Wildman–Crippen MR) is 108 cm³/mol. The second kappa shape index (κ2) is 8.05. The van der Waals surface area contributed by atoms with E-state index in [9.17, 15) is 14.7 Å². The summed E-state index contributed by atoms with van der Waals surface area (Å²) < 4.78 is 1.70. The van der Waals surface area contributed by atoms with Crippen molar-refractivity contribution in [3.8, 4) is 11.4 Å². The molecule has 3 amide bonds. The number of hydrogen-bond acceptors (Lipinski definition) is 4. The van der Waals surface area contributed by atoms with Crippen molar-refractivity contribution in [2.24, 2.45) is 0 Å². The van der Waals surface area contributed by atoms with E-state index in [2.05, 4.69) is 10.4 Å². The van der Waals surface area contributed by atoms with Crippen LogP contribution in [0.1, 0.15) is 10.4 Å². The molecule has 0 aliphatic carbocycles. The number of para-hydroxylation sites is 2. The standard InChI is InChI=1S/C21H21N5O3/c27-17-8-6-16(7-9-17)20(28)24-12-14-25(15-13-24)21(29)23-18-4-1-2-5-19(18)26-11-3-10-22-26/h1-11,27H,12-15H2,(H,23,29). The molecule has 8 heteroatoms. The molecule has 1 saturated heterocycles. The Hall–Kier alpha value is -3.81. The van der Waals surface area contributed by atoms with Crippen LogP contribution < -0.4 is 5.32 Å². The smallest absolute Gasteiger partial charge is 0.322 e. The van der Waals surface area contributed by atoms with E-state index >= 15 is 0 Å². The Balaban J connectivity index is 1.38. The molecular formula is C21H21N5O3. The zero-order chi connectivity index (χ0) is 20.2. The highest BCUT2D eigenvalue weighted by Crippen LogP contribution is 2.20. The molecule has 0 radical (unpaired) electrons. The van der Waals surface area contributed by atoms with Crippen molar-refractivity contribution in [1.82, 2.24) is 19.6 Å². The molecule has 0 unspecified atom stereocenters. The highest BCUT2D eigenvalue weighted by Gasteiger charge is 2.25. The minimum absolute atomic E-state index is 0.103. The lowest BCUT2D eigenvalue weighted by molar-refractivity contribution is 0.0671. The molecule has 0 bridgehead atoms. The van der Waals surface area contributed by atoms with Gasteiger partial charge in [0.25, 0.3) is 5.91 Å². The zero-order valence-electron chi connectivity index (χ0n) is 15.7. The Labute approximate surface area is 168 Å². The largest absolute Gasteiger partial charge is 0.508 e. The average molecular weight is 391 g/mol. The number of benzene rings is 2. The fourth-order valence-electron chi connectivity index (χ4n) is 3.28. The maximum atomic E-state index is 12.7. The van der Waals surface area contributed by atoms with Crippen LogP contribution >= 0.6 is 0 Å². The minimum Gasteiger partial charge on any atom is -0.508 e. The summed E-state index contributed by atoms with van der Waals surface area (Å²) in [5, 5.41) is 16.5. The van der Waals surface area contributed by atoms with Gasteiger partial charge in [0.1, 0.15) is 5.75 Å². The SMILES string of the molecule is O=C(Nc1ccccc1-n1cccn1)N1CCN(C(=O)c2ccc(O)cc2)CC1. The Kier molecular flexibility index (Phi) is 5.15. The summed E-state index contributed by atoms with van der Waals surface area (Å²) in [5.74, 6) is 0.0209. The van der Waals surface area contributed by atoms with E-state index in [1.807, 2.05) is 36.5 Å². The first-order chi connectivity index (χ1) is 14.1. The van der Waals surface area contributed by atoms with Gasteiger partial charge in [0.2, 0.25) is 0 Å². The third-order valence-electron chi connectivity index (χ3n) is 4.87. The number of carbonyl (C=O) groups excluding carboxylic acids is 2. The van der Waals surface area contributed by atoms with Gasteiger partial charge in [-0.15, -0.1) is 0 Å². The highest BCUT2D eigenvalue weighted by atomic mass is 16.3. The molecule has 2 aromatic carbocycles. The number of amides is 3. The van der Waals surface area contributed by atoms with Crippen LogP contribution in [0, 0.1) is 0 Å². The summed E-state index contributed by atoms with van der Waals surface area (Å²) in [4.78, 5) is 28.7. The van der Waals surface area contributed by atoms with Gasteiger partial charge in [0.15, 0.2) is 0 Å². The predicted octanol–water partition coefficient (Wildman–Crippen LogP) is 2.57. The molecule has 1 aromatic heterocycles. The Bertz CT molecular complexity index is 993. The number of phenolic OH excluding ortho intramolecular Hbond substituents is 1. The van der Waals surface area contributed by atoms with E-state index in [1.54, 1.807) is 32.8 Å². The van der Waals surface area contributed by atoms with Crippen LogP contribution in [-0.4, -0.2) is 62.8 Å². The minimum atomic E-state index is -0.207. The van der Waals surface area contributed by atoms with Crippen LogP contribution in [0.5, 0.6) is 5.75 Å². The highest BCUT2D eigenvalue weighted by molar-refractivity contribution is 5.95. The summed E-state index contributed by atoms with van der Waals surface area (Å²) in [6, 6.07) is 15.3. The summed E-state index contributed by atoms with van der Waals surface area (Å²) in [6.45, 7) is 1.79. The van der Waals surface area contributed by atoms with Crippen molar-refractivity contribution >= 4 is 17.6 Å². The van der Waals surface area contributed by atoms with Gasteiger partial charge in [-0.05, 0) is 42.5 Å². The molecule has 1 fully saturated rings. The fraction of sp³-hybridized carbons (Fsp3) is 0.190. The summed E-state index contributed by atoms with van der Waals surface area (Å²) in [5.41, 5.74) is 1.98. The molecule has 0 saturated carbocycles. The lowest BCUT2D eigenvalue weighted by Gasteiger charge is -2.34. The normalized spacial score (nSPS) is 13.9. The molecule has 0 atom stereocenters. The first-order valence-corrected chi connectivity index (χ1v) is 9.35. The van der Waals surface area contributed by atoms with E-state index in [4.69, 9.17) is 0 Å². The number of aromatic nitrogens is 2. The number of anilines is 1. The van der Waals surface area contributed by atoms with Crippen molar-refractivity contribution in [3.05, 3.63) is 72.6 Å². The van der Waals surface area contributed by atoms with E-state index in [1.165, 1.54) is 12.1 Å². The Morgan fingerprint density at radius 2 is 1.59 bits per heavy atom. The molecular weight excluding hydrogens is 370 g/mol. The zero-order valence-corrected chi connectivity index (χ0v) is 15.7. The maximum Gasteiger partial charge on any atom is 0.322 e. The van der Waals surface area contributed by atoms with Gasteiger partial charge in [-0.25, -0.2) is 9.48 Å². The number of nitrogens with one attached hydrogen (secondary N) is 1. The van der Waals surface area contributed by atoms with Gasteiger partial charge >= 0.3 is 6.03 Å². The topological polar surface area (TPSA) is 90.7 Å². The van der Waals surface area contributed by atoms with Gasteiger partial charge in [0, 0.05) is 44.1 Å². The molecule has 0 spiro atoms. The quantitative estimate of drug-likeness (QED) is 0.718. The molecule has 1 aliphatic rings.